The fourth-order valence-electron chi connectivity index (χ4n) is 3.25. The Labute approximate surface area is 168 Å². The summed E-state index contributed by atoms with van der Waals surface area (Å²) >= 11 is 0. The van der Waals surface area contributed by atoms with Crippen LogP contribution in [0, 0.1) is 11.7 Å². The van der Waals surface area contributed by atoms with Gasteiger partial charge >= 0.3 is 0 Å². The fraction of sp³-hybridized carbons (Fsp3) is 0.286. The molecule has 2 aromatic rings. The Morgan fingerprint density at radius 2 is 1.62 bits per heavy atom. The van der Waals surface area contributed by atoms with E-state index in [1.54, 1.807) is 12.1 Å². The van der Waals surface area contributed by atoms with Crippen LogP contribution < -0.4 is 21.3 Å². The standard InChI is InChI=1S/C21H23FN4O3/c22-16-3-1-15(2-4-16)21(29)24-13-19(27)25-17-5-7-18(8-6-17)26-11-9-14(10-12-26)20(23)28/h1-8,14H,9-13H2,(H2,23,28)(H,24,29)(H,25,27). The molecule has 1 heterocycles. The topological polar surface area (TPSA) is 105 Å². The monoisotopic (exact) mass is 398 g/mol. The molecular weight excluding hydrogens is 375 g/mol. The summed E-state index contributed by atoms with van der Waals surface area (Å²) < 4.78 is 12.9. The third-order valence-electron chi connectivity index (χ3n) is 4.93. The summed E-state index contributed by atoms with van der Waals surface area (Å²) in [7, 11) is 0. The lowest BCUT2D eigenvalue weighted by Crippen LogP contribution is -2.38. The van der Waals surface area contributed by atoms with E-state index in [4.69, 9.17) is 5.73 Å². The number of anilines is 2. The molecular formula is C21H23FN4O3. The highest BCUT2D eigenvalue weighted by molar-refractivity contribution is 5.99. The Bertz CT molecular complexity index is 876. The van der Waals surface area contributed by atoms with Gasteiger partial charge in [-0.3, -0.25) is 14.4 Å². The summed E-state index contributed by atoms with van der Waals surface area (Å²) in [5, 5.41) is 5.21. The summed E-state index contributed by atoms with van der Waals surface area (Å²) in [5.74, 6) is -1.55. The van der Waals surface area contributed by atoms with Gasteiger partial charge in [0.25, 0.3) is 5.91 Å². The van der Waals surface area contributed by atoms with Gasteiger partial charge in [-0.2, -0.15) is 0 Å². The van der Waals surface area contributed by atoms with Crippen molar-refractivity contribution in [3.05, 3.63) is 59.9 Å². The molecule has 0 radical (unpaired) electrons. The summed E-state index contributed by atoms with van der Waals surface area (Å²) in [6, 6.07) is 12.5. The molecule has 3 amide bonds. The van der Waals surface area contributed by atoms with Crippen LogP contribution in [0.15, 0.2) is 48.5 Å². The molecule has 1 fully saturated rings. The Balaban J connectivity index is 1.47. The Morgan fingerprint density at radius 3 is 2.21 bits per heavy atom. The minimum absolute atomic E-state index is 0.0602. The molecule has 0 bridgehead atoms. The van der Waals surface area contributed by atoms with Gasteiger partial charge in [0.15, 0.2) is 0 Å². The van der Waals surface area contributed by atoms with E-state index in [2.05, 4.69) is 15.5 Å². The first kappa shape index (κ1) is 20.3. The molecule has 0 aliphatic carbocycles. The van der Waals surface area contributed by atoms with Crippen molar-refractivity contribution in [2.24, 2.45) is 11.7 Å². The molecule has 0 aromatic heterocycles. The Morgan fingerprint density at radius 1 is 1.00 bits per heavy atom. The van der Waals surface area contributed by atoms with E-state index in [0.29, 0.717) is 5.69 Å². The van der Waals surface area contributed by atoms with Gasteiger partial charge in [-0.15, -0.1) is 0 Å². The van der Waals surface area contributed by atoms with Crippen molar-refractivity contribution in [1.82, 2.24) is 5.32 Å². The van der Waals surface area contributed by atoms with Crippen LogP contribution in [0.4, 0.5) is 15.8 Å². The van der Waals surface area contributed by atoms with E-state index in [1.165, 1.54) is 24.3 Å². The number of piperidine rings is 1. The molecule has 0 saturated carbocycles. The van der Waals surface area contributed by atoms with Gasteiger partial charge in [0.2, 0.25) is 11.8 Å². The lowest BCUT2D eigenvalue weighted by molar-refractivity contribution is -0.122. The average Bonchev–Trinajstić information content (AvgIpc) is 2.73. The fourth-order valence-corrected chi connectivity index (χ4v) is 3.25. The predicted octanol–water partition coefficient (Wildman–Crippen LogP) is 1.90. The van der Waals surface area contributed by atoms with E-state index in [-0.39, 0.29) is 29.8 Å². The summed E-state index contributed by atoms with van der Waals surface area (Å²) in [5.41, 5.74) is 7.26. The van der Waals surface area contributed by atoms with Crippen molar-refractivity contribution >= 4 is 29.1 Å². The highest BCUT2D eigenvalue weighted by atomic mass is 19.1. The molecule has 1 saturated heterocycles. The van der Waals surface area contributed by atoms with Gasteiger partial charge < -0.3 is 21.3 Å². The molecule has 4 N–H and O–H groups in total. The second-order valence-electron chi connectivity index (χ2n) is 6.95. The van der Waals surface area contributed by atoms with Crippen LogP contribution in [0.1, 0.15) is 23.2 Å². The van der Waals surface area contributed by atoms with Crippen molar-refractivity contribution < 1.29 is 18.8 Å². The SMILES string of the molecule is NC(=O)C1CCN(c2ccc(NC(=O)CNC(=O)c3ccc(F)cc3)cc2)CC1. The number of nitrogens with two attached hydrogens (primary N) is 1. The molecule has 7 nitrogen and oxygen atoms in total. The van der Waals surface area contributed by atoms with Crippen molar-refractivity contribution in [2.75, 3.05) is 29.9 Å². The summed E-state index contributed by atoms with van der Waals surface area (Å²) in [4.78, 5) is 37.4. The lowest BCUT2D eigenvalue weighted by Gasteiger charge is -2.32. The Kier molecular flexibility index (Phi) is 6.43. The maximum Gasteiger partial charge on any atom is 0.251 e. The number of primary amides is 1. The zero-order valence-corrected chi connectivity index (χ0v) is 15.9. The largest absolute Gasteiger partial charge is 0.371 e. The Hall–Kier alpha value is -3.42. The first-order chi connectivity index (χ1) is 13.9. The number of hydrogen-bond acceptors (Lipinski definition) is 4. The highest BCUT2D eigenvalue weighted by Crippen LogP contribution is 2.24. The zero-order valence-electron chi connectivity index (χ0n) is 15.9. The third kappa shape index (κ3) is 5.54. The normalized spacial score (nSPS) is 14.3. The van der Waals surface area contributed by atoms with Crippen LogP contribution in [-0.4, -0.2) is 37.4 Å². The quantitative estimate of drug-likeness (QED) is 0.691. The second kappa shape index (κ2) is 9.18. The minimum atomic E-state index is -0.449. The molecule has 1 aliphatic rings. The molecule has 8 heteroatoms. The first-order valence-electron chi connectivity index (χ1n) is 9.40. The van der Waals surface area contributed by atoms with Crippen LogP contribution in [0.5, 0.6) is 0 Å². The number of hydrogen-bond donors (Lipinski definition) is 3. The van der Waals surface area contributed by atoms with Crippen molar-refractivity contribution in [3.8, 4) is 0 Å². The first-order valence-corrected chi connectivity index (χ1v) is 9.40. The molecule has 152 valence electrons. The predicted molar refractivity (Wildman–Crippen MR) is 108 cm³/mol. The number of nitrogens with one attached hydrogen (secondary N) is 2. The van der Waals surface area contributed by atoms with E-state index in [0.717, 1.165) is 31.6 Å². The molecule has 0 unspecified atom stereocenters. The minimum Gasteiger partial charge on any atom is -0.371 e. The number of amides is 3. The van der Waals surface area contributed by atoms with Crippen molar-refractivity contribution in [2.45, 2.75) is 12.8 Å². The highest BCUT2D eigenvalue weighted by Gasteiger charge is 2.23. The van der Waals surface area contributed by atoms with Gasteiger partial charge in [-0.25, -0.2) is 4.39 Å². The van der Waals surface area contributed by atoms with Gasteiger partial charge in [0.05, 0.1) is 6.54 Å². The van der Waals surface area contributed by atoms with Crippen LogP contribution in [0.2, 0.25) is 0 Å². The van der Waals surface area contributed by atoms with Crippen LogP contribution >= 0.6 is 0 Å². The molecule has 3 rings (SSSR count). The molecule has 1 aliphatic heterocycles. The maximum absolute atomic E-state index is 12.9. The van der Waals surface area contributed by atoms with Gasteiger partial charge in [-0.05, 0) is 61.4 Å². The second-order valence-corrected chi connectivity index (χ2v) is 6.95. The molecule has 2 aromatic carbocycles. The number of carbonyl (C=O) groups is 3. The summed E-state index contributed by atoms with van der Waals surface area (Å²) in [6.45, 7) is 1.32. The maximum atomic E-state index is 12.9. The molecule has 0 spiro atoms. The number of carbonyl (C=O) groups excluding carboxylic acids is 3. The van der Waals surface area contributed by atoms with Crippen LogP contribution in [0.3, 0.4) is 0 Å². The van der Waals surface area contributed by atoms with Gasteiger partial charge in [0.1, 0.15) is 5.82 Å². The van der Waals surface area contributed by atoms with Crippen LogP contribution in [0.25, 0.3) is 0 Å². The smallest absolute Gasteiger partial charge is 0.251 e. The zero-order chi connectivity index (χ0) is 20.8. The summed E-state index contributed by atoms with van der Waals surface area (Å²) in [6.07, 6.45) is 1.48. The number of nitrogens with zero attached hydrogens (tertiary/aromatic N) is 1. The van der Waals surface area contributed by atoms with Crippen molar-refractivity contribution in [1.29, 1.82) is 0 Å². The third-order valence-corrected chi connectivity index (χ3v) is 4.93. The van der Waals surface area contributed by atoms with Gasteiger partial charge in [-0.1, -0.05) is 0 Å². The lowest BCUT2D eigenvalue weighted by atomic mass is 9.96. The van der Waals surface area contributed by atoms with E-state index >= 15 is 0 Å². The van der Waals surface area contributed by atoms with Gasteiger partial charge in [0, 0.05) is 35.9 Å². The van der Waals surface area contributed by atoms with E-state index in [9.17, 15) is 18.8 Å². The number of halogens is 1. The van der Waals surface area contributed by atoms with Crippen LogP contribution in [-0.2, 0) is 9.59 Å². The van der Waals surface area contributed by atoms with Crippen molar-refractivity contribution in [3.63, 3.8) is 0 Å². The molecule has 0 atom stereocenters. The number of benzene rings is 2. The van der Waals surface area contributed by atoms with E-state index in [1.807, 2.05) is 12.1 Å². The molecule has 29 heavy (non-hydrogen) atoms. The number of rotatable bonds is 6. The average molecular weight is 398 g/mol. The van der Waals surface area contributed by atoms with E-state index < -0.39 is 11.7 Å².